The summed E-state index contributed by atoms with van der Waals surface area (Å²) in [6.45, 7) is 0. The number of hydrogen-bond donors (Lipinski definition) is 1. The van der Waals surface area contributed by atoms with E-state index < -0.39 is 0 Å². The Balaban J connectivity index is 1.46. The highest BCUT2D eigenvalue weighted by Crippen LogP contribution is 2.40. The first-order valence-electron chi connectivity index (χ1n) is 9.83. The third kappa shape index (κ3) is 4.51. The number of thiazole rings is 1. The molecular formula is C23H22ClN3O4S. The van der Waals surface area contributed by atoms with Crippen LogP contribution in [0, 0.1) is 0 Å². The predicted octanol–water partition coefficient (Wildman–Crippen LogP) is 5.31. The Labute approximate surface area is 194 Å². The summed E-state index contributed by atoms with van der Waals surface area (Å²) in [7, 11) is 4.61. The second-order valence-electron chi connectivity index (χ2n) is 6.97. The highest BCUT2D eigenvalue weighted by Gasteiger charge is 2.15. The normalized spacial score (nSPS) is 10.9. The molecule has 7 nitrogen and oxygen atoms in total. The van der Waals surface area contributed by atoms with E-state index in [1.807, 2.05) is 40.2 Å². The maximum atomic E-state index is 12.6. The van der Waals surface area contributed by atoms with Crippen molar-refractivity contribution < 1.29 is 19.0 Å². The summed E-state index contributed by atoms with van der Waals surface area (Å²) in [5, 5.41) is 5.62. The molecule has 0 aliphatic heterocycles. The van der Waals surface area contributed by atoms with Crippen LogP contribution in [0.25, 0.3) is 16.2 Å². The predicted molar refractivity (Wildman–Crippen MR) is 127 cm³/mol. The van der Waals surface area contributed by atoms with Crippen molar-refractivity contribution in [1.82, 2.24) is 9.38 Å². The molecule has 0 aliphatic rings. The summed E-state index contributed by atoms with van der Waals surface area (Å²) in [6, 6.07) is 11.0. The Bertz CT molecular complexity index is 1230. The van der Waals surface area contributed by atoms with Crippen LogP contribution in [0.3, 0.4) is 0 Å². The zero-order valence-electron chi connectivity index (χ0n) is 17.8. The summed E-state index contributed by atoms with van der Waals surface area (Å²) < 4.78 is 18.0. The second-order valence-corrected chi connectivity index (χ2v) is 8.25. The van der Waals surface area contributed by atoms with Crippen LogP contribution in [0.2, 0.25) is 5.02 Å². The maximum absolute atomic E-state index is 12.6. The smallest absolute Gasteiger partial charge is 0.224 e. The monoisotopic (exact) mass is 471 g/mol. The second kappa shape index (κ2) is 9.50. The molecule has 0 atom stereocenters. The fourth-order valence-corrected chi connectivity index (χ4v) is 4.42. The lowest BCUT2D eigenvalue weighted by atomic mass is 10.2. The molecule has 0 radical (unpaired) electrons. The number of imidazole rings is 1. The van der Waals surface area contributed by atoms with Crippen LogP contribution in [-0.4, -0.2) is 36.6 Å². The first-order chi connectivity index (χ1) is 15.5. The van der Waals surface area contributed by atoms with Crippen LogP contribution in [0.4, 0.5) is 5.69 Å². The summed E-state index contributed by atoms with van der Waals surface area (Å²) in [5.74, 6) is 1.33. The number of fused-ring (bicyclic) bond motifs is 1. The number of halogens is 1. The summed E-state index contributed by atoms with van der Waals surface area (Å²) in [4.78, 5) is 18.2. The molecule has 4 rings (SSSR count). The van der Waals surface area contributed by atoms with Crippen molar-refractivity contribution in [3.8, 4) is 28.5 Å². The van der Waals surface area contributed by atoms with E-state index in [0.29, 0.717) is 40.8 Å². The number of ether oxygens (including phenoxy) is 3. The molecule has 0 unspecified atom stereocenters. The van der Waals surface area contributed by atoms with Crippen molar-refractivity contribution >= 4 is 39.5 Å². The number of aromatic nitrogens is 2. The van der Waals surface area contributed by atoms with Gasteiger partial charge in [-0.2, -0.15) is 0 Å². The van der Waals surface area contributed by atoms with Gasteiger partial charge < -0.3 is 19.5 Å². The van der Waals surface area contributed by atoms with Crippen molar-refractivity contribution in [3.63, 3.8) is 0 Å². The number of carbonyl (C=O) groups excluding carboxylic acids is 1. The van der Waals surface area contributed by atoms with Crippen LogP contribution >= 0.6 is 22.9 Å². The van der Waals surface area contributed by atoms with E-state index in [0.717, 1.165) is 21.9 Å². The van der Waals surface area contributed by atoms with Crippen LogP contribution in [-0.2, 0) is 11.2 Å². The molecule has 1 N–H and O–H groups in total. The van der Waals surface area contributed by atoms with E-state index >= 15 is 0 Å². The van der Waals surface area contributed by atoms with Crippen LogP contribution in [0.15, 0.2) is 48.0 Å². The van der Waals surface area contributed by atoms with Gasteiger partial charge in [0.2, 0.25) is 11.7 Å². The zero-order chi connectivity index (χ0) is 22.7. The van der Waals surface area contributed by atoms with E-state index in [1.165, 1.54) is 21.3 Å². The molecule has 2 heterocycles. The molecule has 2 aromatic carbocycles. The number of aryl methyl sites for hydroxylation is 1. The Morgan fingerprint density at radius 2 is 1.78 bits per heavy atom. The van der Waals surface area contributed by atoms with Gasteiger partial charge in [-0.15, -0.1) is 11.3 Å². The van der Waals surface area contributed by atoms with Crippen molar-refractivity contribution in [2.45, 2.75) is 12.8 Å². The number of nitrogens with one attached hydrogen (secondary N) is 1. The molecule has 9 heteroatoms. The largest absolute Gasteiger partial charge is 0.493 e. The zero-order valence-corrected chi connectivity index (χ0v) is 19.4. The van der Waals surface area contributed by atoms with Gasteiger partial charge in [-0.1, -0.05) is 23.7 Å². The molecule has 0 spiro atoms. The van der Waals surface area contributed by atoms with Crippen molar-refractivity contribution in [2.24, 2.45) is 0 Å². The molecule has 32 heavy (non-hydrogen) atoms. The van der Waals surface area contributed by atoms with Crippen LogP contribution in [0.1, 0.15) is 12.1 Å². The van der Waals surface area contributed by atoms with Crippen molar-refractivity contribution in [2.75, 3.05) is 26.6 Å². The molecule has 0 saturated heterocycles. The highest BCUT2D eigenvalue weighted by atomic mass is 35.5. The molecule has 2 aromatic heterocycles. The molecule has 0 bridgehead atoms. The van der Waals surface area contributed by atoms with E-state index in [9.17, 15) is 4.79 Å². The average Bonchev–Trinajstić information content (AvgIpc) is 3.38. The van der Waals surface area contributed by atoms with Gasteiger partial charge in [0, 0.05) is 52.1 Å². The Morgan fingerprint density at radius 1 is 1.09 bits per heavy atom. The van der Waals surface area contributed by atoms with E-state index in [-0.39, 0.29) is 5.91 Å². The molecule has 0 aliphatic carbocycles. The van der Waals surface area contributed by atoms with Gasteiger partial charge in [0.25, 0.3) is 0 Å². The van der Waals surface area contributed by atoms with Crippen molar-refractivity contribution in [3.05, 3.63) is 58.7 Å². The maximum Gasteiger partial charge on any atom is 0.224 e. The lowest BCUT2D eigenvalue weighted by Gasteiger charge is -2.14. The number of benzene rings is 2. The topological polar surface area (TPSA) is 74.1 Å². The van der Waals surface area contributed by atoms with Gasteiger partial charge in [0.15, 0.2) is 16.5 Å². The first-order valence-corrected chi connectivity index (χ1v) is 11.1. The number of hydrogen-bond acceptors (Lipinski definition) is 6. The van der Waals surface area contributed by atoms with Crippen LogP contribution in [0.5, 0.6) is 17.2 Å². The first kappa shape index (κ1) is 22.0. The minimum atomic E-state index is -0.114. The Kier molecular flexibility index (Phi) is 6.53. The fourth-order valence-electron chi connectivity index (χ4n) is 3.39. The Morgan fingerprint density at radius 3 is 2.41 bits per heavy atom. The van der Waals surface area contributed by atoms with Gasteiger partial charge in [-0.3, -0.25) is 9.20 Å². The fraction of sp³-hybridized carbons (Fsp3) is 0.217. The lowest BCUT2D eigenvalue weighted by molar-refractivity contribution is -0.116. The summed E-state index contributed by atoms with van der Waals surface area (Å²) in [6.07, 6.45) is 2.88. The highest BCUT2D eigenvalue weighted by molar-refractivity contribution is 7.15. The van der Waals surface area contributed by atoms with Gasteiger partial charge >= 0.3 is 0 Å². The van der Waals surface area contributed by atoms with E-state index in [1.54, 1.807) is 23.5 Å². The van der Waals surface area contributed by atoms with E-state index in [4.69, 9.17) is 25.8 Å². The van der Waals surface area contributed by atoms with Gasteiger partial charge in [-0.25, -0.2) is 4.98 Å². The van der Waals surface area contributed by atoms with Gasteiger partial charge in [-0.05, 0) is 18.6 Å². The van der Waals surface area contributed by atoms with E-state index in [2.05, 4.69) is 10.3 Å². The number of rotatable bonds is 8. The number of methoxy groups -OCH3 is 3. The number of carbonyl (C=O) groups is 1. The molecule has 0 saturated carbocycles. The number of nitrogens with zero attached hydrogens (tertiary/aromatic N) is 2. The minimum Gasteiger partial charge on any atom is -0.493 e. The molecular weight excluding hydrogens is 450 g/mol. The molecule has 4 aromatic rings. The van der Waals surface area contributed by atoms with Gasteiger partial charge in [0.1, 0.15) is 0 Å². The Hall–Kier alpha value is -3.23. The third-order valence-corrected chi connectivity index (χ3v) is 6.12. The SMILES string of the molecule is COc1cc(NC(=O)CCc2csc3nc(-c4ccc(Cl)cc4)cn23)cc(OC)c1OC. The minimum absolute atomic E-state index is 0.114. The average molecular weight is 472 g/mol. The van der Waals surface area contributed by atoms with Crippen molar-refractivity contribution in [1.29, 1.82) is 0 Å². The molecule has 1 amide bonds. The van der Waals surface area contributed by atoms with Gasteiger partial charge in [0.05, 0.1) is 27.0 Å². The van der Waals surface area contributed by atoms with Crippen LogP contribution < -0.4 is 19.5 Å². The lowest BCUT2D eigenvalue weighted by Crippen LogP contribution is -2.13. The number of anilines is 1. The summed E-state index contributed by atoms with van der Waals surface area (Å²) in [5.41, 5.74) is 3.47. The quantitative estimate of drug-likeness (QED) is 0.377. The number of amides is 1. The summed E-state index contributed by atoms with van der Waals surface area (Å²) >= 11 is 7.53. The standard InChI is InChI=1S/C23H22ClN3O4S/c1-29-19-10-16(11-20(30-2)22(19)31-3)25-21(28)9-8-17-13-32-23-26-18(12-27(17)23)14-4-6-15(24)7-5-14/h4-7,10-13H,8-9H2,1-3H3,(H,25,28). The third-order valence-electron chi connectivity index (χ3n) is 4.98. The molecule has 0 fully saturated rings. The molecule has 166 valence electrons.